The zero-order chi connectivity index (χ0) is 22.5. The first-order chi connectivity index (χ1) is 13.9. The molecular formula is C16H18F2N2O9S. The van der Waals surface area contributed by atoms with E-state index in [2.05, 4.69) is 4.74 Å². The molecule has 30 heavy (non-hydrogen) atoms. The van der Waals surface area contributed by atoms with E-state index >= 15 is 0 Å². The fourth-order valence-corrected chi connectivity index (χ4v) is 2.89. The Morgan fingerprint density at radius 3 is 2.40 bits per heavy atom. The van der Waals surface area contributed by atoms with E-state index in [1.165, 1.54) is 23.1 Å². The number of esters is 1. The summed E-state index contributed by atoms with van der Waals surface area (Å²) < 4.78 is 64.9. The van der Waals surface area contributed by atoms with Crippen molar-refractivity contribution in [3.8, 4) is 0 Å². The Balaban J connectivity index is 1.82. The maximum Gasteiger partial charge on any atom is 0.410 e. The summed E-state index contributed by atoms with van der Waals surface area (Å²) in [5.74, 6) is -1.92. The molecule has 0 spiro atoms. The highest BCUT2D eigenvalue weighted by molar-refractivity contribution is 7.86. The van der Waals surface area contributed by atoms with Crippen LogP contribution in [0.5, 0.6) is 0 Å². The lowest BCUT2D eigenvalue weighted by Crippen LogP contribution is -2.42. The number of nitro benzene ring substituents is 1. The van der Waals surface area contributed by atoms with Crippen LogP contribution in [0.25, 0.3) is 0 Å². The van der Waals surface area contributed by atoms with Crippen molar-refractivity contribution in [2.45, 2.75) is 24.7 Å². The predicted molar refractivity (Wildman–Crippen MR) is 95.0 cm³/mol. The number of para-hydroxylation sites is 1. The van der Waals surface area contributed by atoms with Gasteiger partial charge < -0.3 is 14.4 Å². The summed E-state index contributed by atoms with van der Waals surface area (Å²) in [6.45, 7) is -2.08. The summed E-state index contributed by atoms with van der Waals surface area (Å²) >= 11 is 0. The number of ether oxygens (including phenoxy) is 2. The molecule has 1 aromatic rings. The van der Waals surface area contributed by atoms with Gasteiger partial charge >= 0.3 is 27.4 Å². The smallest absolute Gasteiger partial charge is 0.410 e. The normalized spacial score (nSPS) is 15.5. The molecule has 0 radical (unpaired) electrons. The Bertz CT molecular complexity index is 915. The lowest BCUT2D eigenvalue weighted by molar-refractivity contribution is -0.385. The van der Waals surface area contributed by atoms with E-state index in [1.807, 2.05) is 0 Å². The highest BCUT2D eigenvalue weighted by atomic mass is 32.2. The Kier molecular flexibility index (Phi) is 7.25. The van der Waals surface area contributed by atoms with Crippen molar-refractivity contribution in [1.29, 1.82) is 0 Å². The van der Waals surface area contributed by atoms with Crippen molar-refractivity contribution in [2.75, 3.05) is 19.7 Å². The van der Waals surface area contributed by atoms with Crippen LogP contribution in [0.3, 0.4) is 0 Å². The third-order valence-corrected chi connectivity index (χ3v) is 5.26. The second-order valence-corrected chi connectivity index (χ2v) is 7.97. The molecule has 0 atom stereocenters. The molecule has 1 N–H and O–H groups in total. The fraction of sp³-hybridized carbons (Fsp3) is 0.500. The Hall–Kier alpha value is -2.87. The number of piperidine rings is 1. The number of carbonyl (C=O) groups excluding carboxylic acids is 2. The van der Waals surface area contributed by atoms with E-state index in [9.17, 15) is 36.9 Å². The first kappa shape index (κ1) is 23.4. The summed E-state index contributed by atoms with van der Waals surface area (Å²) in [6.07, 6.45) is -0.661. The van der Waals surface area contributed by atoms with Gasteiger partial charge in [0.1, 0.15) is 6.61 Å². The molecule has 1 amide bonds. The van der Waals surface area contributed by atoms with Gasteiger partial charge in [-0.3, -0.25) is 19.5 Å². The van der Waals surface area contributed by atoms with E-state index in [1.54, 1.807) is 6.07 Å². The summed E-state index contributed by atoms with van der Waals surface area (Å²) in [6, 6.07) is 5.74. The van der Waals surface area contributed by atoms with E-state index in [0.29, 0.717) is 0 Å². The SMILES string of the molecule is O=C(OCC(F)(F)S(=O)(=O)O)C1CCN(C(=O)OCc2ccccc2[N+](=O)[O-])CC1. The summed E-state index contributed by atoms with van der Waals surface area (Å²) in [5.41, 5.74) is 0.00234. The van der Waals surface area contributed by atoms with Gasteiger partial charge in [-0.25, -0.2) is 4.79 Å². The van der Waals surface area contributed by atoms with Crippen LogP contribution in [0.2, 0.25) is 0 Å². The van der Waals surface area contributed by atoms with E-state index < -0.39 is 44.9 Å². The summed E-state index contributed by atoms with van der Waals surface area (Å²) in [5, 5.41) is 6.34. The molecule has 11 nitrogen and oxygen atoms in total. The largest absolute Gasteiger partial charge is 0.458 e. The molecular weight excluding hydrogens is 434 g/mol. The summed E-state index contributed by atoms with van der Waals surface area (Å²) in [7, 11) is -5.71. The van der Waals surface area contributed by atoms with Gasteiger partial charge in [0.15, 0.2) is 6.61 Å². The molecule has 2 rings (SSSR count). The van der Waals surface area contributed by atoms with Crippen LogP contribution in [0, 0.1) is 16.0 Å². The summed E-state index contributed by atoms with van der Waals surface area (Å²) in [4.78, 5) is 35.5. The molecule has 0 aromatic heterocycles. The van der Waals surface area contributed by atoms with Crippen LogP contribution in [-0.4, -0.2) is 59.8 Å². The number of likely N-dealkylation sites (tertiary alicyclic amines) is 1. The van der Waals surface area contributed by atoms with Crippen molar-refractivity contribution in [1.82, 2.24) is 4.90 Å². The van der Waals surface area contributed by atoms with Crippen molar-refractivity contribution in [2.24, 2.45) is 5.92 Å². The van der Waals surface area contributed by atoms with Gasteiger partial charge in [0.05, 0.1) is 16.4 Å². The third kappa shape index (κ3) is 5.82. The number of carbonyl (C=O) groups is 2. The number of nitro groups is 1. The molecule has 1 aliphatic heterocycles. The van der Waals surface area contributed by atoms with Crippen LogP contribution in [0.1, 0.15) is 18.4 Å². The van der Waals surface area contributed by atoms with Crippen LogP contribution < -0.4 is 0 Å². The first-order valence-electron chi connectivity index (χ1n) is 8.58. The Labute approximate surface area is 169 Å². The molecule has 1 aromatic carbocycles. The average Bonchev–Trinajstić information content (AvgIpc) is 2.69. The van der Waals surface area contributed by atoms with Gasteiger partial charge in [-0.2, -0.15) is 17.2 Å². The van der Waals surface area contributed by atoms with Crippen molar-refractivity contribution in [3.63, 3.8) is 0 Å². The van der Waals surface area contributed by atoms with Crippen LogP contribution in [0.15, 0.2) is 24.3 Å². The minimum Gasteiger partial charge on any atom is -0.458 e. The standard InChI is InChI=1S/C16H18F2N2O9S/c17-16(18,30(25,26)27)10-29-14(21)11-5-7-19(8-6-11)15(22)28-9-12-3-1-2-4-13(12)20(23)24/h1-4,11H,5-10H2,(H,25,26,27). The maximum absolute atomic E-state index is 13.1. The van der Waals surface area contributed by atoms with Crippen molar-refractivity contribution >= 4 is 27.9 Å². The van der Waals surface area contributed by atoms with Gasteiger partial charge in [0.25, 0.3) is 5.69 Å². The molecule has 1 heterocycles. The van der Waals surface area contributed by atoms with Crippen molar-refractivity contribution in [3.05, 3.63) is 39.9 Å². The first-order valence-corrected chi connectivity index (χ1v) is 10.0. The molecule has 1 saturated heterocycles. The zero-order valence-corrected chi connectivity index (χ0v) is 16.2. The number of rotatable bonds is 7. The van der Waals surface area contributed by atoms with E-state index in [4.69, 9.17) is 9.29 Å². The lowest BCUT2D eigenvalue weighted by atomic mass is 9.97. The van der Waals surface area contributed by atoms with Crippen LogP contribution >= 0.6 is 0 Å². The topological polar surface area (TPSA) is 153 Å². The second-order valence-electron chi connectivity index (χ2n) is 6.42. The van der Waals surface area contributed by atoms with Gasteiger partial charge in [0, 0.05) is 19.2 Å². The average molecular weight is 452 g/mol. The van der Waals surface area contributed by atoms with E-state index in [0.717, 1.165) is 0 Å². The molecule has 1 fully saturated rings. The van der Waals surface area contributed by atoms with Gasteiger partial charge in [0.2, 0.25) is 0 Å². The van der Waals surface area contributed by atoms with E-state index in [-0.39, 0.29) is 43.8 Å². The monoisotopic (exact) mass is 452 g/mol. The quantitative estimate of drug-likeness (QED) is 0.283. The Morgan fingerprint density at radius 2 is 1.83 bits per heavy atom. The highest BCUT2D eigenvalue weighted by Gasteiger charge is 2.46. The third-order valence-electron chi connectivity index (χ3n) is 4.39. The van der Waals surface area contributed by atoms with Crippen LogP contribution in [0.4, 0.5) is 19.3 Å². The number of amides is 1. The molecule has 1 aliphatic rings. The maximum atomic E-state index is 13.1. The number of alkyl halides is 2. The number of benzene rings is 1. The number of hydrogen-bond acceptors (Lipinski definition) is 8. The van der Waals surface area contributed by atoms with Crippen LogP contribution in [-0.2, 0) is 31.0 Å². The number of halogens is 2. The van der Waals surface area contributed by atoms with Crippen molar-refractivity contribution < 1.29 is 45.7 Å². The highest BCUT2D eigenvalue weighted by Crippen LogP contribution is 2.24. The lowest BCUT2D eigenvalue weighted by Gasteiger charge is -2.30. The minimum absolute atomic E-state index is 0.0319. The second kappa shape index (κ2) is 9.30. The fourth-order valence-electron chi connectivity index (χ4n) is 2.69. The predicted octanol–water partition coefficient (Wildman–Crippen LogP) is 1.97. The molecule has 0 aliphatic carbocycles. The molecule has 14 heteroatoms. The minimum atomic E-state index is -5.71. The van der Waals surface area contributed by atoms with Gasteiger partial charge in [-0.1, -0.05) is 12.1 Å². The molecule has 0 unspecified atom stereocenters. The zero-order valence-electron chi connectivity index (χ0n) is 15.4. The molecule has 0 bridgehead atoms. The Morgan fingerprint density at radius 1 is 1.23 bits per heavy atom. The number of nitrogens with zero attached hydrogens (tertiary/aromatic N) is 2. The molecule has 0 saturated carbocycles. The molecule has 166 valence electrons. The number of hydrogen-bond donors (Lipinski definition) is 1. The van der Waals surface area contributed by atoms with Gasteiger partial charge in [-0.05, 0) is 18.9 Å². The van der Waals surface area contributed by atoms with Gasteiger partial charge in [-0.15, -0.1) is 0 Å².